The van der Waals surface area contributed by atoms with Gasteiger partial charge in [0.25, 0.3) is 0 Å². The van der Waals surface area contributed by atoms with Crippen LogP contribution in [-0.2, 0) is 0 Å². The second-order valence-corrected chi connectivity index (χ2v) is 2.54. The Bertz CT molecular complexity index is 332. The lowest BCUT2D eigenvalue weighted by Crippen LogP contribution is -1.91. The van der Waals surface area contributed by atoms with Crippen LogP contribution in [0.5, 0.6) is 5.75 Å². The number of benzene rings is 1. The first kappa shape index (κ1) is 8.71. The van der Waals surface area contributed by atoms with Crippen LogP contribution in [0, 0.1) is 11.6 Å². The maximum atomic E-state index is 13.0. The number of halogens is 2. The Morgan fingerprint density at radius 1 is 1.42 bits per heavy atom. The Hall–Kier alpha value is -1.38. The van der Waals surface area contributed by atoms with Crippen LogP contribution in [0.3, 0.4) is 0 Å². The lowest BCUT2D eigenvalue weighted by molar-refractivity contribution is 0.426. The number of hydrogen-bond donors (Lipinski definition) is 1. The summed E-state index contributed by atoms with van der Waals surface area (Å²) in [4.78, 5) is 0. The van der Waals surface area contributed by atoms with E-state index in [1.165, 1.54) is 6.92 Å². The fraction of sp³-hybridized carbons (Fsp3) is 0.111. The van der Waals surface area contributed by atoms with Crippen LogP contribution in [0.2, 0.25) is 0 Å². The fourth-order valence-electron chi connectivity index (χ4n) is 0.933. The van der Waals surface area contributed by atoms with Gasteiger partial charge in [-0.3, -0.25) is 0 Å². The highest BCUT2D eigenvalue weighted by atomic mass is 19.1. The second kappa shape index (κ2) is 2.93. The molecule has 0 bridgehead atoms. The lowest BCUT2D eigenvalue weighted by atomic mass is 10.1. The summed E-state index contributed by atoms with van der Waals surface area (Å²) in [7, 11) is 0. The second-order valence-electron chi connectivity index (χ2n) is 2.54. The van der Waals surface area contributed by atoms with E-state index < -0.39 is 17.4 Å². The molecule has 3 heteroatoms. The van der Waals surface area contributed by atoms with Gasteiger partial charge in [0, 0.05) is 0 Å². The normalized spacial score (nSPS) is 9.92. The van der Waals surface area contributed by atoms with E-state index in [1.807, 2.05) is 0 Å². The Labute approximate surface area is 69.0 Å². The third kappa shape index (κ3) is 1.30. The highest BCUT2D eigenvalue weighted by Gasteiger charge is 2.12. The summed E-state index contributed by atoms with van der Waals surface area (Å²) in [5.74, 6) is -2.23. The van der Waals surface area contributed by atoms with Gasteiger partial charge in [-0.05, 0) is 24.6 Å². The van der Waals surface area contributed by atoms with Gasteiger partial charge in [-0.2, -0.15) is 0 Å². The van der Waals surface area contributed by atoms with Gasteiger partial charge in [-0.25, -0.2) is 8.78 Å². The van der Waals surface area contributed by atoms with Crippen molar-refractivity contribution in [2.75, 3.05) is 0 Å². The first-order valence-electron chi connectivity index (χ1n) is 3.37. The minimum Gasteiger partial charge on any atom is -0.505 e. The van der Waals surface area contributed by atoms with Crippen LogP contribution in [0.25, 0.3) is 5.57 Å². The predicted molar refractivity (Wildman–Crippen MR) is 42.7 cm³/mol. The quantitative estimate of drug-likeness (QED) is 0.687. The minimum atomic E-state index is -0.956. The van der Waals surface area contributed by atoms with Gasteiger partial charge in [0.05, 0.1) is 5.56 Å². The molecule has 0 atom stereocenters. The van der Waals surface area contributed by atoms with Crippen molar-refractivity contribution in [1.29, 1.82) is 0 Å². The van der Waals surface area contributed by atoms with Crippen LogP contribution < -0.4 is 0 Å². The molecule has 64 valence electrons. The van der Waals surface area contributed by atoms with Crippen molar-refractivity contribution in [3.05, 3.63) is 35.9 Å². The Kier molecular flexibility index (Phi) is 2.13. The van der Waals surface area contributed by atoms with Crippen molar-refractivity contribution in [2.24, 2.45) is 0 Å². The van der Waals surface area contributed by atoms with E-state index >= 15 is 0 Å². The molecule has 1 nitrogen and oxygen atoms in total. The van der Waals surface area contributed by atoms with E-state index in [0.717, 1.165) is 12.1 Å². The molecule has 1 aromatic carbocycles. The summed E-state index contributed by atoms with van der Waals surface area (Å²) >= 11 is 0. The molecule has 0 saturated heterocycles. The molecule has 1 aromatic rings. The summed E-state index contributed by atoms with van der Waals surface area (Å²) in [6.07, 6.45) is 0. The first-order valence-corrected chi connectivity index (χ1v) is 3.37. The zero-order valence-corrected chi connectivity index (χ0v) is 6.56. The number of hydrogen-bond acceptors (Lipinski definition) is 1. The molecule has 0 radical (unpaired) electrons. The van der Waals surface area contributed by atoms with Crippen molar-refractivity contribution in [3.63, 3.8) is 0 Å². The highest BCUT2D eigenvalue weighted by Crippen LogP contribution is 2.26. The molecule has 0 fully saturated rings. The summed E-state index contributed by atoms with van der Waals surface area (Å²) in [6.45, 7) is 4.87. The molecule has 0 aliphatic heterocycles. The summed E-state index contributed by atoms with van der Waals surface area (Å²) in [5.41, 5.74) is -0.00380. The average Bonchev–Trinajstić information content (AvgIpc) is 1.97. The maximum absolute atomic E-state index is 13.0. The number of phenols is 1. The Morgan fingerprint density at radius 3 is 2.42 bits per heavy atom. The molecule has 0 aliphatic carbocycles. The topological polar surface area (TPSA) is 20.2 Å². The van der Waals surface area contributed by atoms with E-state index in [-0.39, 0.29) is 11.1 Å². The SMILES string of the molecule is C=C(C)c1c(F)ccc(O)c1F. The summed E-state index contributed by atoms with van der Waals surface area (Å²) < 4.78 is 25.8. The van der Waals surface area contributed by atoms with Gasteiger partial charge in [0.15, 0.2) is 11.6 Å². The third-order valence-electron chi connectivity index (χ3n) is 1.50. The molecule has 1 N–H and O–H groups in total. The molecular formula is C9H8F2O. The van der Waals surface area contributed by atoms with E-state index in [9.17, 15) is 8.78 Å². The third-order valence-corrected chi connectivity index (χ3v) is 1.50. The van der Waals surface area contributed by atoms with Crippen LogP contribution >= 0.6 is 0 Å². The number of aromatic hydroxyl groups is 1. The van der Waals surface area contributed by atoms with Crippen LogP contribution in [0.1, 0.15) is 12.5 Å². The standard InChI is InChI=1S/C9H8F2O/c1-5(2)8-6(10)3-4-7(12)9(8)11/h3-4,12H,1H2,2H3. The minimum absolute atomic E-state index is 0.251. The molecule has 0 unspecified atom stereocenters. The van der Waals surface area contributed by atoms with E-state index in [1.54, 1.807) is 0 Å². The fourth-order valence-corrected chi connectivity index (χ4v) is 0.933. The Morgan fingerprint density at radius 2 is 2.00 bits per heavy atom. The maximum Gasteiger partial charge on any atom is 0.175 e. The lowest BCUT2D eigenvalue weighted by Gasteiger charge is -2.04. The Balaban J connectivity index is 3.43. The molecule has 12 heavy (non-hydrogen) atoms. The molecule has 0 heterocycles. The average molecular weight is 170 g/mol. The zero-order valence-electron chi connectivity index (χ0n) is 6.56. The number of allylic oxidation sites excluding steroid dienone is 1. The van der Waals surface area contributed by atoms with Crippen molar-refractivity contribution >= 4 is 5.57 Å². The van der Waals surface area contributed by atoms with Gasteiger partial charge in [-0.1, -0.05) is 6.58 Å². The number of phenolic OH excluding ortho intramolecular Hbond substituents is 1. The molecular weight excluding hydrogens is 162 g/mol. The largest absolute Gasteiger partial charge is 0.505 e. The predicted octanol–water partition coefficient (Wildman–Crippen LogP) is 2.70. The molecule has 1 rings (SSSR count). The van der Waals surface area contributed by atoms with Crippen molar-refractivity contribution in [1.82, 2.24) is 0 Å². The smallest absolute Gasteiger partial charge is 0.175 e. The van der Waals surface area contributed by atoms with Crippen LogP contribution in [0.15, 0.2) is 18.7 Å². The van der Waals surface area contributed by atoms with Gasteiger partial charge in [0.2, 0.25) is 0 Å². The van der Waals surface area contributed by atoms with Gasteiger partial charge < -0.3 is 5.11 Å². The summed E-state index contributed by atoms with van der Waals surface area (Å²) in [5, 5.41) is 8.89. The zero-order chi connectivity index (χ0) is 9.30. The van der Waals surface area contributed by atoms with E-state index in [0.29, 0.717) is 0 Å². The van der Waals surface area contributed by atoms with Gasteiger partial charge >= 0.3 is 0 Å². The van der Waals surface area contributed by atoms with Crippen LogP contribution in [0.4, 0.5) is 8.78 Å². The first-order chi connectivity index (χ1) is 5.54. The molecule has 0 spiro atoms. The van der Waals surface area contributed by atoms with Crippen molar-refractivity contribution in [2.45, 2.75) is 6.92 Å². The van der Waals surface area contributed by atoms with Crippen molar-refractivity contribution in [3.8, 4) is 5.75 Å². The number of rotatable bonds is 1. The molecule has 0 aliphatic rings. The monoisotopic (exact) mass is 170 g/mol. The molecule has 0 saturated carbocycles. The van der Waals surface area contributed by atoms with E-state index in [4.69, 9.17) is 5.11 Å². The highest BCUT2D eigenvalue weighted by molar-refractivity contribution is 5.63. The van der Waals surface area contributed by atoms with Crippen LogP contribution in [-0.4, -0.2) is 5.11 Å². The molecule has 0 amide bonds. The van der Waals surface area contributed by atoms with Crippen molar-refractivity contribution < 1.29 is 13.9 Å². The van der Waals surface area contributed by atoms with E-state index in [2.05, 4.69) is 6.58 Å². The van der Waals surface area contributed by atoms with Gasteiger partial charge in [-0.15, -0.1) is 0 Å². The molecule has 0 aromatic heterocycles. The van der Waals surface area contributed by atoms with Gasteiger partial charge in [0.1, 0.15) is 5.82 Å². The summed E-state index contributed by atoms with van der Waals surface area (Å²) in [6, 6.07) is 1.97.